The van der Waals surface area contributed by atoms with Crippen molar-refractivity contribution in [1.82, 2.24) is 4.90 Å². The maximum absolute atomic E-state index is 13.2. The summed E-state index contributed by atoms with van der Waals surface area (Å²) in [5.41, 5.74) is -0.348. The van der Waals surface area contributed by atoms with Crippen molar-refractivity contribution in [2.75, 3.05) is 13.1 Å². The summed E-state index contributed by atoms with van der Waals surface area (Å²) in [5, 5.41) is 9.37. The van der Waals surface area contributed by atoms with Gasteiger partial charge in [0.25, 0.3) is 0 Å². The van der Waals surface area contributed by atoms with Gasteiger partial charge in [-0.05, 0) is 31.7 Å². The zero-order valence-corrected chi connectivity index (χ0v) is 13.6. The van der Waals surface area contributed by atoms with E-state index in [0.29, 0.717) is 32.4 Å². The van der Waals surface area contributed by atoms with Gasteiger partial charge in [0.15, 0.2) is 0 Å². The van der Waals surface area contributed by atoms with Crippen LogP contribution in [0.1, 0.15) is 45.6 Å². The number of carboxylic acids is 1. The number of hydrogen-bond donors (Lipinski definition) is 1. The molecule has 0 bridgehead atoms. The number of likely N-dealkylation sites (tertiary alicyclic amines) is 1. The molecule has 1 aliphatic rings. The van der Waals surface area contributed by atoms with Gasteiger partial charge >= 0.3 is 5.97 Å². The first-order valence-electron chi connectivity index (χ1n) is 7.98. The van der Waals surface area contributed by atoms with Crippen molar-refractivity contribution in [2.45, 2.75) is 45.4 Å². The molecule has 1 atom stereocenters. The van der Waals surface area contributed by atoms with Crippen molar-refractivity contribution in [3.8, 4) is 0 Å². The van der Waals surface area contributed by atoms with E-state index >= 15 is 0 Å². The molecule has 1 fully saturated rings. The number of carbonyl (C=O) groups is 2. The van der Waals surface area contributed by atoms with E-state index in [4.69, 9.17) is 0 Å². The third-order valence-electron chi connectivity index (χ3n) is 5.22. The molecule has 1 N–H and O–H groups in total. The molecular weight excluding hydrogens is 278 g/mol. The Hall–Kier alpha value is -1.84. The van der Waals surface area contributed by atoms with Crippen LogP contribution in [0.15, 0.2) is 30.3 Å². The predicted molar refractivity (Wildman–Crippen MR) is 85.6 cm³/mol. The van der Waals surface area contributed by atoms with E-state index in [0.717, 1.165) is 5.56 Å². The molecule has 1 aromatic carbocycles. The summed E-state index contributed by atoms with van der Waals surface area (Å²) in [7, 11) is 0. The van der Waals surface area contributed by atoms with Crippen LogP contribution in [0.4, 0.5) is 0 Å². The molecule has 0 spiro atoms. The Balaban J connectivity index is 2.31. The number of nitrogens with zero attached hydrogens (tertiary/aromatic N) is 1. The molecular formula is C18H25NO3. The first-order valence-corrected chi connectivity index (χ1v) is 7.98. The quantitative estimate of drug-likeness (QED) is 0.909. The maximum atomic E-state index is 13.2. The second-order valence-electron chi connectivity index (χ2n) is 6.50. The smallest absolute Gasteiger partial charge is 0.311 e. The lowest BCUT2D eigenvalue weighted by atomic mass is 9.74. The number of carboxylic acid groups (broad SMARTS) is 1. The van der Waals surface area contributed by atoms with Crippen molar-refractivity contribution in [2.24, 2.45) is 5.41 Å². The van der Waals surface area contributed by atoms with E-state index < -0.39 is 16.8 Å². The van der Waals surface area contributed by atoms with Crippen molar-refractivity contribution in [3.63, 3.8) is 0 Å². The first kappa shape index (κ1) is 16.5. The normalized spacial score (nSPS) is 21.9. The monoisotopic (exact) mass is 303 g/mol. The molecule has 4 heteroatoms. The van der Waals surface area contributed by atoms with E-state index in [1.165, 1.54) is 0 Å². The lowest BCUT2D eigenvalue weighted by Crippen LogP contribution is -2.46. The molecule has 0 aromatic heterocycles. The molecule has 1 heterocycles. The van der Waals surface area contributed by atoms with Gasteiger partial charge in [0.2, 0.25) is 5.91 Å². The van der Waals surface area contributed by atoms with Gasteiger partial charge in [-0.2, -0.15) is 0 Å². The maximum Gasteiger partial charge on any atom is 0.311 e. The standard InChI is InChI=1S/C18H25NO3/c1-4-18(5-2,14-9-7-6-8-10-14)15(20)19-12-11-17(3,13-19)16(21)22/h6-10H,4-5,11-13H2,1-3H3,(H,21,22). The molecule has 2 rings (SSSR count). The third-order valence-corrected chi connectivity index (χ3v) is 5.22. The van der Waals surface area contributed by atoms with Crippen LogP contribution in [0.25, 0.3) is 0 Å². The summed E-state index contributed by atoms with van der Waals surface area (Å²) in [6.07, 6.45) is 1.95. The number of benzene rings is 1. The molecule has 1 unspecified atom stereocenters. The average molecular weight is 303 g/mol. The largest absolute Gasteiger partial charge is 0.481 e. The van der Waals surface area contributed by atoms with E-state index in [1.54, 1.807) is 11.8 Å². The number of amides is 1. The number of aliphatic carboxylic acids is 1. The number of hydrogen-bond acceptors (Lipinski definition) is 2. The van der Waals surface area contributed by atoms with E-state index in [1.807, 2.05) is 44.2 Å². The summed E-state index contributed by atoms with van der Waals surface area (Å²) in [6, 6.07) is 9.85. The van der Waals surface area contributed by atoms with E-state index in [2.05, 4.69) is 0 Å². The molecule has 1 aromatic rings. The van der Waals surface area contributed by atoms with Crippen LogP contribution in [0, 0.1) is 5.41 Å². The van der Waals surface area contributed by atoms with Gasteiger partial charge in [0.05, 0.1) is 10.8 Å². The van der Waals surface area contributed by atoms with Gasteiger partial charge < -0.3 is 10.0 Å². The van der Waals surface area contributed by atoms with Crippen LogP contribution in [0.5, 0.6) is 0 Å². The molecule has 0 saturated carbocycles. The molecule has 120 valence electrons. The van der Waals surface area contributed by atoms with Gasteiger partial charge in [-0.1, -0.05) is 44.2 Å². The second-order valence-corrected chi connectivity index (χ2v) is 6.50. The molecule has 0 aliphatic carbocycles. The first-order chi connectivity index (χ1) is 10.4. The van der Waals surface area contributed by atoms with Crippen LogP contribution in [0.2, 0.25) is 0 Å². The highest BCUT2D eigenvalue weighted by atomic mass is 16.4. The predicted octanol–water partition coefficient (Wildman–Crippen LogP) is 3.07. The lowest BCUT2D eigenvalue weighted by Gasteiger charge is -2.35. The van der Waals surface area contributed by atoms with Crippen LogP contribution in [-0.2, 0) is 15.0 Å². The van der Waals surface area contributed by atoms with Crippen molar-refractivity contribution in [3.05, 3.63) is 35.9 Å². The second kappa shape index (κ2) is 6.11. The van der Waals surface area contributed by atoms with Crippen molar-refractivity contribution < 1.29 is 14.7 Å². The SMILES string of the molecule is CCC(CC)(C(=O)N1CCC(C)(C(=O)O)C1)c1ccccc1. The fourth-order valence-electron chi connectivity index (χ4n) is 3.45. The van der Waals surface area contributed by atoms with Crippen LogP contribution >= 0.6 is 0 Å². The minimum Gasteiger partial charge on any atom is -0.481 e. The van der Waals surface area contributed by atoms with Crippen LogP contribution in [0.3, 0.4) is 0 Å². The average Bonchev–Trinajstić information content (AvgIpc) is 2.94. The molecule has 1 aliphatic heterocycles. The fourth-order valence-corrected chi connectivity index (χ4v) is 3.45. The highest BCUT2D eigenvalue weighted by Crippen LogP contribution is 2.38. The molecule has 0 radical (unpaired) electrons. The van der Waals surface area contributed by atoms with Gasteiger partial charge in [-0.15, -0.1) is 0 Å². The van der Waals surface area contributed by atoms with Crippen LogP contribution in [-0.4, -0.2) is 35.0 Å². The van der Waals surface area contributed by atoms with Gasteiger partial charge in [-0.25, -0.2) is 0 Å². The zero-order valence-electron chi connectivity index (χ0n) is 13.6. The molecule has 4 nitrogen and oxygen atoms in total. The minimum absolute atomic E-state index is 0.0636. The van der Waals surface area contributed by atoms with Gasteiger partial charge in [-0.3, -0.25) is 9.59 Å². The van der Waals surface area contributed by atoms with Gasteiger partial charge in [0, 0.05) is 13.1 Å². The van der Waals surface area contributed by atoms with Crippen molar-refractivity contribution in [1.29, 1.82) is 0 Å². The van der Waals surface area contributed by atoms with Crippen molar-refractivity contribution >= 4 is 11.9 Å². The lowest BCUT2D eigenvalue weighted by molar-refractivity contribution is -0.147. The number of rotatable bonds is 5. The zero-order chi connectivity index (χ0) is 16.4. The molecule has 1 saturated heterocycles. The summed E-state index contributed by atoms with van der Waals surface area (Å²) in [6.45, 7) is 6.61. The van der Waals surface area contributed by atoms with E-state index in [9.17, 15) is 14.7 Å². The summed E-state index contributed by atoms with van der Waals surface area (Å²) in [5.74, 6) is -0.755. The Labute approximate surface area is 132 Å². The minimum atomic E-state index is -0.820. The van der Waals surface area contributed by atoms with Crippen LogP contribution < -0.4 is 0 Å². The molecule has 1 amide bonds. The topological polar surface area (TPSA) is 57.6 Å². The Bertz CT molecular complexity index is 551. The highest BCUT2D eigenvalue weighted by Gasteiger charge is 2.47. The Kier molecular flexibility index (Phi) is 4.59. The van der Waals surface area contributed by atoms with E-state index in [-0.39, 0.29) is 5.91 Å². The Morgan fingerprint density at radius 1 is 1.23 bits per heavy atom. The fraction of sp³-hybridized carbons (Fsp3) is 0.556. The highest BCUT2D eigenvalue weighted by molar-refractivity contribution is 5.89. The molecule has 22 heavy (non-hydrogen) atoms. The summed E-state index contributed by atoms with van der Waals surface area (Å²) in [4.78, 5) is 26.3. The number of carbonyl (C=O) groups excluding carboxylic acids is 1. The summed E-state index contributed by atoms with van der Waals surface area (Å²) < 4.78 is 0. The van der Waals surface area contributed by atoms with Gasteiger partial charge in [0.1, 0.15) is 0 Å². The summed E-state index contributed by atoms with van der Waals surface area (Å²) >= 11 is 0. The third kappa shape index (κ3) is 2.62. The Morgan fingerprint density at radius 3 is 2.27 bits per heavy atom. The Morgan fingerprint density at radius 2 is 1.82 bits per heavy atom.